The van der Waals surface area contributed by atoms with Gasteiger partial charge in [0.1, 0.15) is 0 Å². The van der Waals surface area contributed by atoms with Crippen LogP contribution in [0.3, 0.4) is 0 Å². The molecule has 0 aromatic rings. The number of unbranched alkanes of at least 4 members (excludes halogenated alkanes) is 4. The first-order valence-corrected chi connectivity index (χ1v) is 20.1. The Kier molecular flexibility index (Phi) is 24.0. The Morgan fingerprint density at radius 2 is 0.867 bits per heavy atom. The summed E-state index contributed by atoms with van der Waals surface area (Å²) in [4.78, 5) is 0. The largest absolute Gasteiger partial charge is 0.385 e. The molecule has 0 aromatic carbocycles. The summed E-state index contributed by atoms with van der Waals surface area (Å²) in [6.45, 7) is 9.30. The van der Waals surface area contributed by atoms with Gasteiger partial charge in [0.25, 0.3) is 0 Å². The second-order valence-corrected chi connectivity index (χ2v) is 18.4. The molecule has 0 aliphatic heterocycles. The van der Waals surface area contributed by atoms with Gasteiger partial charge in [0.15, 0.2) is 0 Å². The van der Waals surface area contributed by atoms with Crippen molar-refractivity contribution in [3.8, 4) is 0 Å². The minimum atomic E-state index is -0.760. The smallest absolute Gasteiger partial charge is 0.0717 e. The van der Waals surface area contributed by atoms with Gasteiger partial charge in [0.2, 0.25) is 0 Å². The van der Waals surface area contributed by atoms with E-state index in [0.29, 0.717) is 11.5 Å². The summed E-state index contributed by atoms with van der Waals surface area (Å²) >= 11 is 0. The summed E-state index contributed by atoms with van der Waals surface area (Å²) in [5.41, 5.74) is 1.17. The Hall–Kier alpha value is 1.05. The van der Waals surface area contributed by atoms with E-state index in [1.54, 1.807) is 0 Å². The van der Waals surface area contributed by atoms with Crippen molar-refractivity contribution >= 4 is 39.2 Å². The van der Waals surface area contributed by atoms with Gasteiger partial charge in [-0.3, -0.25) is 0 Å². The Labute approximate surface area is 201 Å². The van der Waals surface area contributed by atoms with E-state index in [4.69, 9.17) is 9.47 Å². The van der Waals surface area contributed by atoms with Crippen LogP contribution in [0.4, 0.5) is 0 Å². The van der Waals surface area contributed by atoms with Crippen molar-refractivity contribution in [2.45, 2.75) is 128 Å². The average Bonchev–Trinajstić information content (AvgIpc) is 2.77. The second kappa shape index (κ2) is 23.2. The molecule has 0 heterocycles. The lowest BCUT2D eigenvalue weighted by Gasteiger charge is -2.25. The standard InChI is InChI=1S/C24H54O2S2Si2/c1-7-11-19-29(20-12-8-2)23(25-5)15-17-27-28-18-16-24(26-6)30(21-13-9-3)22-14-10-4/h23-24,29-30H,7-22H2,1-6H3. The van der Waals surface area contributed by atoms with Crippen LogP contribution in [0.1, 0.15) is 91.9 Å². The lowest BCUT2D eigenvalue weighted by atomic mass is 10.4. The summed E-state index contributed by atoms with van der Waals surface area (Å²) in [5, 5.41) is 0. The summed E-state index contributed by atoms with van der Waals surface area (Å²) < 4.78 is 12.0. The molecule has 0 amide bonds. The van der Waals surface area contributed by atoms with Crippen LogP contribution in [0.15, 0.2) is 0 Å². The molecule has 182 valence electrons. The van der Waals surface area contributed by atoms with Crippen molar-refractivity contribution < 1.29 is 9.47 Å². The first-order chi connectivity index (χ1) is 14.7. The maximum atomic E-state index is 6.00. The molecule has 0 radical (unpaired) electrons. The molecule has 0 aliphatic rings. The Morgan fingerprint density at radius 1 is 0.567 bits per heavy atom. The highest BCUT2D eigenvalue weighted by atomic mass is 33.1. The Morgan fingerprint density at radius 3 is 1.10 bits per heavy atom. The number of methoxy groups -OCH3 is 2. The first kappa shape index (κ1) is 31.1. The van der Waals surface area contributed by atoms with Crippen molar-refractivity contribution in [1.82, 2.24) is 0 Å². The molecule has 2 nitrogen and oxygen atoms in total. The molecule has 2 atom stereocenters. The van der Waals surface area contributed by atoms with Crippen molar-refractivity contribution in [3.63, 3.8) is 0 Å². The fraction of sp³-hybridized carbons (Fsp3) is 1.00. The van der Waals surface area contributed by atoms with Gasteiger partial charge in [-0.1, -0.05) is 125 Å². The van der Waals surface area contributed by atoms with Crippen LogP contribution in [0.2, 0.25) is 24.2 Å². The van der Waals surface area contributed by atoms with Crippen LogP contribution in [-0.4, -0.2) is 54.8 Å². The SMILES string of the molecule is CCCC[SiH](CCCC)C(CCSSCCC(OC)[SiH](CCCC)CCCC)OC. The highest BCUT2D eigenvalue weighted by Gasteiger charge is 2.23. The number of ether oxygens (including phenoxy) is 2. The zero-order chi connectivity index (χ0) is 22.5. The fourth-order valence-corrected chi connectivity index (χ4v) is 14.9. The molecule has 0 fully saturated rings. The van der Waals surface area contributed by atoms with E-state index in [9.17, 15) is 0 Å². The highest BCUT2D eigenvalue weighted by Crippen LogP contribution is 2.27. The molecule has 30 heavy (non-hydrogen) atoms. The number of rotatable bonds is 23. The second-order valence-electron chi connectivity index (χ2n) is 8.86. The lowest BCUT2D eigenvalue weighted by Crippen LogP contribution is -2.33. The third kappa shape index (κ3) is 15.8. The normalized spacial score (nSPS) is 14.0. The Balaban J connectivity index is 4.26. The van der Waals surface area contributed by atoms with Crippen molar-refractivity contribution in [1.29, 1.82) is 0 Å². The van der Waals surface area contributed by atoms with Gasteiger partial charge >= 0.3 is 0 Å². The zero-order valence-electron chi connectivity index (χ0n) is 21.3. The summed E-state index contributed by atoms with van der Waals surface area (Å²) in [6.07, 6.45) is 13.5. The van der Waals surface area contributed by atoms with Crippen LogP contribution in [-0.2, 0) is 9.47 Å². The molecule has 6 heteroatoms. The van der Waals surface area contributed by atoms with Gasteiger partial charge < -0.3 is 9.47 Å². The van der Waals surface area contributed by atoms with Crippen molar-refractivity contribution in [2.24, 2.45) is 0 Å². The van der Waals surface area contributed by atoms with E-state index in [0.717, 1.165) is 0 Å². The molecule has 0 N–H and O–H groups in total. The molecule has 0 saturated carbocycles. The summed E-state index contributed by atoms with van der Waals surface area (Å²) in [6, 6.07) is 5.90. The van der Waals surface area contributed by atoms with Crippen LogP contribution in [0.25, 0.3) is 0 Å². The third-order valence-electron chi connectivity index (χ3n) is 6.43. The molecular formula is C24H54O2S2Si2. The van der Waals surface area contributed by atoms with Crippen LogP contribution in [0, 0.1) is 0 Å². The summed E-state index contributed by atoms with van der Waals surface area (Å²) in [5.74, 6) is 2.49. The maximum Gasteiger partial charge on any atom is 0.0717 e. The monoisotopic (exact) mass is 494 g/mol. The van der Waals surface area contributed by atoms with Crippen LogP contribution < -0.4 is 0 Å². The molecule has 2 unspecified atom stereocenters. The van der Waals surface area contributed by atoms with Gasteiger partial charge in [-0.05, 0) is 12.8 Å². The minimum absolute atomic E-state index is 0.586. The molecule has 0 rings (SSSR count). The third-order valence-corrected chi connectivity index (χ3v) is 16.8. The average molecular weight is 495 g/mol. The molecular weight excluding hydrogens is 441 g/mol. The van der Waals surface area contributed by atoms with Crippen LogP contribution >= 0.6 is 21.6 Å². The predicted molar refractivity (Wildman–Crippen MR) is 149 cm³/mol. The van der Waals surface area contributed by atoms with E-state index in [1.165, 1.54) is 99.9 Å². The topological polar surface area (TPSA) is 18.5 Å². The molecule has 0 spiro atoms. The number of hydrogen-bond donors (Lipinski definition) is 0. The maximum absolute atomic E-state index is 6.00. The lowest BCUT2D eigenvalue weighted by molar-refractivity contribution is 0.157. The van der Waals surface area contributed by atoms with Crippen LogP contribution in [0.5, 0.6) is 0 Å². The van der Waals surface area contributed by atoms with E-state index in [2.05, 4.69) is 49.3 Å². The zero-order valence-corrected chi connectivity index (χ0v) is 25.2. The van der Waals surface area contributed by atoms with Gasteiger partial charge in [0.05, 0.1) is 17.6 Å². The van der Waals surface area contributed by atoms with E-state index in [-0.39, 0.29) is 0 Å². The first-order valence-electron chi connectivity index (χ1n) is 13.0. The van der Waals surface area contributed by atoms with E-state index in [1.807, 2.05) is 14.2 Å². The predicted octanol–water partition coefficient (Wildman–Crippen LogP) is 7.91. The van der Waals surface area contributed by atoms with Gasteiger partial charge in [-0.15, -0.1) is 0 Å². The Bertz CT molecular complexity index is 303. The van der Waals surface area contributed by atoms with Gasteiger partial charge in [0, 0.05) is 37.2 Å². The minimum Gasteiger partial charge on any atom is -0.385 e. The van der Waals surface area contributed by atoms with Gasteiger partial charge in [-0.25, -0.2) is 0 Å². The van der Waals surface area contributed by atoms with Gasteiger partial charge in [-0.2, -0.15) is 0 Å². The van der Waals surface area contributed by atoms with Crippen molar-refractivity contribution in [3.05, 3.63) is 0 Å². The number of hydrogen-bond acceptors (Lipinski definition) is 4. The highest BCUT2D eigenvalue weighted by molar-refractivity contribution is 8.76. The molecule has 0 aliphatic carbocycles. The fourth-order valence-electron chi connectivity index (χ4n) is 4.44. The molecule has 0 saturated heterocycles. The van der Waals surface area contributed by atoms with Crippen molar-refractivity contribution in [2.75, 3.05) is 25.7 Å². The quantitative estimate of drug-likeness (QED) is 0.0815. The van der Waals surface area contributed by atoms with E-state index < -0.39 is 17.6 Å². The van der Waals surface area contributed by atoms with E-state index >= 15 is 0 Å². The summed E-state index contributed by atoms with van der Waals surface area (Å²) in [7, 11) is 6.56. The molecule has 0 bridgehead atoms. The molecule has 0 aromatic heterocycles.